The molecule has 1 atom stereocenters. The number of carbonyl (C=O) groups excluding carboxylic acids is 1. The van der Waals surface area contributed by atoms with Crippen molar-refractivity contribution >= 4 is 23.1 Å². The fourth-order valence-electron chi connectivity index (χ4n) is 2.44. The third-order valence-electron chi connectivity index (χ3n) is 3.77. The second-order valence-electron chi connectivity index (χ2n) is 5.72. The molecule has 0 saturated heterocycles. The molecule has 1 aliphatic rings. The monoisotopic (exact) mass is 256 g/mol. The second kappa shape index (κ2) is 5.80. The van der Waals surface area contributed by atoms with Gasteiger partial charge in [0.05, 0.1) is 11.0 Å². The predicted molar refractivity (Wildman–Crippen MR) is 74.7 cm³/mol. The lowest BCUT2D eigenvalue weighted by molar-refractivity contribution is -0.132. The zero-order valence-corrected chi connectivity index (χ0v) is 11.9. The molecule has 1 amide bonds. The summed E-state index contributed by atoms with van der Waals surface area (Å²) >= 11 is 5.01. The summed E-state index contributed by atoms with van der Waals surface area (Å²) < 4.78 is 0. The van der Waals surface area contributed by atoms with Gasteiger partial charge in [0.2, 0.25) is 5.91 Å². The first-order valence-corrected chi connectivity index (χ1v) is 6.88. The number of nitrogens with two attached hydrogens (primary N) is 1. The second-order valence-corrected chi connectivity index (χ2v) is 6.19. The lowest BCUT2D eigenvalue weighted by Gasteiger charge is -2.34. The summed E-state index contributed by atoms with van der Waals surface area (Å²) in [4.78, 5) is 12.7. The lowest BCUT2D eigenvalue weighted by Crippen LogP contribution is -2.51. The van der Waals surface area contributed by atoms with Crippen LogP contribution in [-0.2, 0) is 4.79 Å². The van der Waals surface area contributed by atoms with Gasteiger partial charge in [0, 0.05) is 5.41 Å². The van der Waals surface area contributed by atoms with Gasteiger partial charge in [0.1, 0.15) is 0 Å². The maximum Gasteiger partial charge on any atom is 0.226 e. The number of hydrogen-bond donors (Lipinski definition) is 2. The van der Waals surface area contributed by atoms with Crippen molar-refractivity contribution in [3.8, 4) is 0 Å². The summed E-state index contributed by atoms with van der Waals surface area (Å²) in [5, 5.41) is 3.02. The molecule has 0 aromatic heterocycles. The Bertz CT molecular complexity index is 296. The predicted octanol–water partition coefficient (Wildman–Crippen LogP) is 2.38. The van der Waals surface area contributed by atoms with Gasteiger partial charge in [-0.3, -0.25) is 4.79 Å². The van der Waals surface area contributed by atoms with E-state index in [4.69, 9.17) is 18.0 Å². The highest BCUT2D eigenvalue weighted by atomic mass is 32.1. The smallest absolute Gasteiger partial charge is 0.226 e. The highest BCUT2D eigenvalue weighted by Crippen LogP contribution is 2.36. The number of hydrogen-bond acceptors (Lipinski definition) is 2. The van der Waals surface area contributed by atoms with Crippen LogP contribution in [0.5, 0.6) is 0 Å². The third kappa shape index (κ3) is 3.66. The fourth-order valence-corrected chi connectivity index (χ4v) is 2.77. The maximum absolute atomic E-state index is 12.3. The van der Waals surface area contributed by atoms with Gasteiger partial charge >= 0.3 is 0 Å². The Kier molecular flexibility index (Phi) is 4.92. The van der Waals surface area contributed by atoms with E-state index >= 15 is 0 Å². The third-order valence-corrected chi connectivity index (χ3v) is 4.02. The molecule has 1 fully saturated rings. The van der Waals surface area contributed by atoms with Crippen molar-refractivity contribution in [1.82, 2.24) is 5.32 Å². The van der Waals surface area contributed by atoms with Gasteiger partial charge in [-0.1, -0.05) is 52.3 Å². The number of thiocarbonyl (C=S) groups is 1. The molecule has 0 aromatic carbocycles. The summed E-state index contributed by atoms with van der Waals surface area (Å²) in [7, 11) is 0. The van der Waals surface area contributed by atoms with E-state index in [1.54, 1.807) is 0 Å². The minimum atomic E-state index is -0.226. The highest BCUT2D eigenvalue weighted by Gasteiger charge is 2.36. The van der Waals surface area contributed by atoms with Gasteiger partial charge in [-0.05, 0) is 18.8 Å². The van der Waals surface area contributed by atoms with Crippen LogP contribution in [0, 0.1) is 11.3 Å². The zero-order chi connectivity index (χ0) is 13.1. The van der Waals surface area contributed by atoms with Crippen molar-refractivity contribution in [3.05, 3.63) is 0 Å². The Hall–Kier alpha value is -0.640. The Balaban J connectivity index is 2.66. The van der Waals surface area contributed by atoms with Crippen LogP contribution in [0.15, 0.2) is 0 Å². The quantitative estimate of drug-likeness (QED) is 0.759. The average molecular weight is 256 g/mol. The number of carbonyl (C=O) groups is 1. The molecule has 0 bridgehead atoms. The molecule has 0 radical (unpaired) electrons. The molecule has 0 heterocycles. The van der Waals surface area contributed by atoms with Crippen LogP contribution in [0.25, 0.3) is 0 Å². The van der Waals surface area contributed by atoms with Gasteiger partial charge < -0.3 is 11.1 Å². The lowest BCUT2D eigenvalue weighted by atomic mass is 9.75. The van der Waals surface area contributed by atoms with Gasteiger partial charge in [-0.15, -0.1) is 0 Å². The summed E-state index contributed by atoms with van der Waals surface area (Å²) in [6.07, 6.45) is 5.47. The Morgan fingerprint density at radius 2 is 1.82 bits per heavy atom. The van der Waals surface area contributed by atoms with Crippen LogP contribution in [0.2, 0.25) is 0 Å². The van der Waals surface area contributed by atoms with E-state index in [0.717, 1.165) is 25.7 Å². The van der Waals surface area contributed by atoms with Crippen molar-refractivity contribution in [1.29, 1.82) is 0 Å². The first kappa shape index (κ1) is 14.4. The topological polar surface area (TPSA) is 55.1 Å². The molecule has 1 rings (SSSR count). The summed E-state index contributed by atoms with van der Waals surface area (Å²) in [5.74, 6) is 0.354. The number of amides is 1. The standard InChI is InChI=1S/C13H24N2OS/c1-9(2)10(11(14)17)15-12(16)13(3)7-5-4-6-8-13/h9-10H,4-8H2,1-3H3,(H2,14,17)(H,15,16). The van der Waals surface area contributed by atoms with Crippen molar-refractivity contribution in [2.24, 2.45) is 17.1 Å². The maximum atomic E-state index is 12.3. The molecular formula is C13H24N2OS. The van der Waals surface area contributed by atoms with E-state index in [1.807, 2.05) is 13.8 Å². The van der Waals surface area contributed by atoms with E-state index in [-0.39, 0.29) is 23.3 Å². The molecule has 0 aromatic rings. The SMILES string of the molecule is CC(C)C(NC(=O)C1(C)CCCCC1)C(N)=S. The molecular weight excluding hydrogens is 232 g/mol. The molecule has 1 saturated carbocycles. The van der Waals surface area contributed by atoms with Crippen molar-refractivity contribution in [2.75, 3.05) is 0 Å². The summed E-state index contributed by atoms with van der Waals surface area (Å²) in [5.41, 5.74) is 5.45. The largest absolute Gasteiger partial charge is 0.392 e. The minimum Gasteiger partial charge on any atom is -0.392 e. The van der Waals surface area contributed by atoms with Gasteiger partial charge in [-0.25, -0.2) is 0 Å². The number of rotatable bonds is 4. The van der Waals surface area contributed by atoms with Crippen molar-refractivity contribution in [3.63, 3.8) is 0 Å². The number of nitrogens with one attached hydrogen (secondary N) is 1. The fraction of sp³-hybridized carbons (Fsp3) is 0.846. The molecule has 3 nitrogen and oxygen atoms in total. The van der Waals surface area contributed by atoms with Crippen molar-refractivity contribution in [2.45, 2.75) is 58.9 Å². The molecule has 1 aliphatic carbocycles. The molecule has 17 heavy (non-hydrogen) atoms. The van der Waals surface area contributed by atoms with Crippen molar-refractivity contribution < 1.29 is 4.79 Å². The van der Waals surface area contributed by atoms with E-state index < -0.39 is 0 Å². The first-order valence-electron chi connectivity index (χ1n) is 6.47. The molecule has 0 spiro atoms. The average Bonchev–Trinajstić information content (AvgIpc) is 2.25. The van der Waals surface area contributed by atoms with Crippen LogP contribution in [0.3, 0.4) is 0 Å². The van der Waals surface area contributed by atoms with Crippen LogP contribution < -0.4 is 11.1 Å². The normalized spacial score (nSPS) is 20.9. The minimum absolute atomic E-state index is 0.115. The molecule has 98 valence electrons. The molecule has 1 unspecified atom stereocenters. The van der Waals surface area contributed by atoms with Gasteiger partial charge in [-0.2, -0.15) is 0 Å². The van der Waals surface area contributed by atoms with Gasteiger partial charge in [0.15, 0.2) is 0 Å². The Morgan fingerprint density at radius 3 is 2.24 bits per heavy atom. The molecule has 4 heteroatoms. The molecule has 0 aliphatic heterocycles. The van der Waals surface area contributed by atoms with Crippen LogP contribution in [0.4, 0.5) is 0 Å². The van der Waals surface area contributed by atoms with Crippen LogP contribution in [0.1, 0.15) is 52.9 Å². The summed E-state index contributed by atoms with van der Waals surface area (Å²) in [6.45, 7) is 6.10. The van der Waals surface area contributed by atoms with Crippen LogP contribution in [-0.4, -0.2) is 16.9 Å². The highest BCUT2D eigenvalue weighted by molar-refractivity contribution is 7.80. The van der Waals surface area contributed by atoms with E-state index in [1.165, 1.54) is 6.42 Å². The Labute approximate surface area is 110 Å². The van der Waals surface area contributed by atoms with Crippen LogP contribution >= 0.6 is 12.2 Å². The summed E-state index contributed by atoms with van der Waals surface area (Å²) in [6, 6.07) is -0.184. The van der Waals surface area contributed by atoms with E-state index in [0.29, 0.717) is 4.99 Å². The van der Waals surface area contributed by atoms with E-state index in [9.17, 15) is 4.79 Å². The first-order chi connectivity index (χ1) is 7.87. The Morgan fingerprint density at radius 1 is 1.29 bits per heavy atom. The zero-order valence-electron chi connectivity index (χ0n) is 11.1. The molecule has 3 N–H and O–H groups in total. The van der Waals surface area contributed by atoms with E-state index in [2.05, 4.69) is 12.2 Å². The van der Waals surface area contributed by atoms with Gasteiger partial charge in [0.25, 0.3) is 0 Å².